The molecule has 0 amide bonds. The molecule has 0 atom stereocenters. The van der Waals surface area contributed by atoms with Gasteiger partial charge in [-0.15, -0.1) is 0 Å². The van der Waals surface area contributed by atoms with E-state index in [9.17, 15) is 0 Å². The van der Waals surface area contributed by atoms with Crippen molar-refractivity contribution in [1.29, 1.82) is 0 Å². The maximum Gasteiger partial charge on any atom is 0.225 e. The van der Waals surface area contributed by atoms with Gasteiger partial charge in [0.2, 0.25) is 5.95 Å². The van der Waals surface area contributed by atoms with Crippen LogP contribution in [0.5, 0.6) is 0 Å². The Morgan fingerprint density at radius 1 is 1.27 bits per heavy atom. The molecule has 0 aliphatic carbocycles. The Morgan fingerprint density at radius 2 is 2.07 bits per heavy atom. The second kappa shape index (κ2) is 6.38. The second-order valence-electron chi connectivity index (χ2n) is 3.78. The molecule has 1 heterocycles. The van der Waals surface area contributed by atoms with Crippen LogP contribution in [-0.4, -0.2) is 23.1 Å². The van der Waals surface area contributed by atoms with E-state index in [4.69, 9.17) is 0 Å². The average Bonchev–Trinajstić information content (AvgIpc) is 2.24. The molecule has 0 aliphatic rings. The van der Waals surface area contributed by atoms with Crippen LogP contribution in [0.4, 0.5) is 5.95 Å². The Bertz CT molecular complexity index is 286. The normalized spacial score (nSPS) is 10.3. The van der Waals surface area contributed by atoms with E-state index in [2.05, 4.69) is 28.7 Å². The molecule has 0 aliphatic heterocycles. The van der Waals surface area contributed by atoms with Gasteiger partial charge in [-0.3, -0.25) is 0 Å². The summed E-state index contributed by atoms with van der Waals surface area (Å²) in [6.45, 7) is 8.42. The molecule has 1 aromatic rings. The van der Waals surface area contributed by atoms with Crippen molar-refractivity contribution in [2.24, 2.45) is 0 Å². The Hall–Kier alpha value is -1.12. The predicted molar refractivity (Wildman–Crippen MR) is 64.2 cm³/mol. The molecule has 84 valence electrons. The quantitative estimate of drug-likeness (QED) is 0.672. The van der Waals surface area contributed by atoms with E-state index in [0.29, 0.717) is 0 Å². The third-order valence-corrected chi connectivity index (χ3v) is 2.48. The molecule has 0 bridgehead atoms. The molecule has 0 spiro atoms. The van der Waals surface area contributed by atoms with E-state index in [-0.39, 0.29) is 0 Å². The van der Waals surface area contributed by atoms with Gasteiger partial charge in [-0.2, -0.15) is 0 Å². The number of hydrogen-bond acceptors (Lipinski definition) is 3. The number of rotatable bonds is 6. The highest BCUT2D eigenvalue weighted by Gasteiger charge is 2.06. The molecule has 0 aromatic carbocycles. The van der Waals surface area contributed by atoms with Gasteiger partial charge < -0.3 is 4.90 Å². The lowest BCUT2D eigenvalue weighted by Crippen LogP contribution is -2.26. The number of nitrogens with zero attached hydrogens (tertiary/aromatic N) is 3. The summed E-state index contributed by atoms with van der Waals surface area (Å²) in [6.07, 6.45) is 5.59. The molecule has 1 aromatic heterocycles. The Balaban J connectivity index is 2.57. The van der Waals surface area contributed by atoms with Crippen molar-refractivity contribution in [1.82, 2.24) is 9.97 Å². The van der Waals surface area contributed by atoms with Crippen molar-refractivity contribution in [3.05, 3.63) is 18.0 Å². The molecule has 1 rings (SSSR count). The third-order valence-electron chi connectivity index (χ3n) is 2.48. The van der Waals surface area contributed by atoms with Crippen LogP contribution in [-0.2, 0) is 0 Å². The van der Waals surface area contributed by atoms with Gasteiger partial charge in [0, 0.05) is 25.0 Å². The Labute approximate surface area is 92.6 Å². The zero-order valence-corrected chi connectivity index (χ0v) is 10.0. The van der Waals surface area contributed by atoms with Crippen molar-refractivity contribution in [3.8, 4) is 0 Å². The predicted octanol–water partition coefficient (Wildman–Crippen LogP) is 2.80. The summed E-state index contributed by atoms with van der Waals surface area (Å²) >= 11 is 0. The van der Waals surface area contributed by atoms with Crippen molar-refractivity contribution < 1.29 is 0 Å². The van der Waals surface area contributed by atoms with Crippen molar-refractivity contribution in [2.45, 2.75) is 40.0 Å². The topological polar surface area (TPSA) is 29.0 Å². The van der Waals surface area contributed by atoms with Crippen LogP contribution in [0.15, 0.2) is 12.3 Å². The number of unbranched alkanes of at least 4 members (excludes halogenated alkanes) is 2. The summed E-state index contributed by atoms with van der Waals surface area (Å²) in [5.41, 5.74) is 1.04. The van der Waals surface area contributed by atoms with Gasteiger partial charge >= 0.3 is 0 Å². The first-order chi connectivity index (χ1) is 7.27. The molecule has 15 heavy (non-hydrogen) atoms. The Kier molecular flexibility index (Phi) is 5.08. The fourth-order valence-corrected chi connectivity index (χ4v) is 1.54. The molecule has 0 N–H and O–H groups in total. The molecule has 0 saturated carbocycles. The van der Waals surface area contributed by atoms with Crippen LogP contribution in [0.1, 0.15) is 38.8 Å². The first-order valence-corrected chi connectivity index (χ1v) is 5.82. The van der Waals surface area contributed by atoms with Gasteiger partial charge in [0.1, 0.15) is 0 Å². The van der Waals surface area contributed by atoms with Crippen molar-refractivity contribution in [3.63, 3.8) is 0 Å². The van der Waals surface area contributed by atoms with Crippen LogP contribution in [0.2, 0.25) is 0 Å². The maximum atomic E-state index is 4.44. The largest absolute Gasteiger partial charge is 0.341 e. The highest BCUT2D eigenvalue weighted by Crippen LogP contribution is 2.08. The van der Waals surface area contributed by atoms with E-state index < -0.39 is 0 Å². The third kappa shape index (κ3) is 3.86. The summed E-state index contributed by atoms with van der Waals surface area (Å²) in [5, 5.41) is 0. The fourth-order valence-electron chi connectivity index (χ4n) is 1.54. The lowest BCUT2D eigenvalue weighted by molar-refractivity contribution is 0.673. The molecule has 3 nitrogen and oxygen atoms in total. The zero-order chi connectivity index (χ0) is 11.1. The standard InChI is InChI=1S/C12H21N3/c1-4-6-7-10-15(5-2)12-13-9-8-11(3)14-12/h8-9H,4-7,10H2,1-3H3. The Morgan fingerprint density at radius 3 is 2.67 bits per heavy atom. The van der Waals surface area contributed by atoms with Gasteiger partial charge in [0.15, 0.2) is 0 Å². The van der Waals surface area contributed by atoms with E-state index in [0.717, 1.165) is 24.7 Å². The lowest BCUT2D eigenvalue weighted by atomic mass is 10.2. The van der Waals surface area contributed by atoms with Crippen LogP contribution in [0, 0.1) is 6.92 Å². The molecule has 0 saturated heterocycles. The highest BCUT2D eigenvalue weighted by atomic mass is 15.2. The SMILES string of the molecule is CCCCCN(CC)c1nccc(C)n1. The van der Waals surface area contributed by atoms with Gasteiger partial charge in [0.25, 0.3) is 0 Å². The lowest BCUT2D eigenvalue weighted by Gasteiger charge is -2.20. The summed E-state index contributed by atoms with van der Waals surface area (Å²) in [7, 11) is 0. The van der Waals surface area contributed by atoms with Crippen molar-refractivity contribution in [2.75, 3.05) is 18.0 Å². The summed E-state index contributed by atoms with van der Waals surface area (Å²) in [4.78, 5) is 11.0. The fraction of sp³-hybridized carbons (Fsp3) is 0.667. The highest BCUT2D eigenvalue weighted by molar-refractivity contribution is 5.29. The molecular weight excluding hydrogens is 186 g/mol. The average molecular weight is 207 g/mol. The van der Waals surface area contributed by atoms with Crippen LogP contribution in [0.3, 0.4) is 0 Å². The molecule has 3 heteroatoms. The number of anilines is 1. The molecular formula is C12H21N3. The van der Waals surface area contributed by atoms with Gasteiger partial charge in [-0.25, -0.2) is 9.97 Å². The van der Waals surface area contributed by atoms with Crippen LogP contribution < -0.4 is 4.90 Å². The van der Waals surface area contributed by atoms with E-state index in [1.807, 2.05) is 19.2 Å². The maximum absolute atomic E-state index is 4.44. The number of hydrogen-bond donors (Lipinski definition) is 0. The number of aryl methyl sites for hydroxylation is 1. The molecule has 0 fully saturated rings. The minimum atomic E-state index is 0.869. The summed E-state index contributed by atoms with van der Waals surface area (Å²) in [5.74, 6) is 0.869. The van der Waals surface area contributed by atoms with E-state index in [1.165, 1.54) is 19.3 Å². The van der Waals surface area contributed by atoms with Gasteiger partial charge in [-0.05, 0) is 26.3 Å². The molecule has 0 radical (unpaired) electrons. The first-order valence-electron chi connectivity index (χ1n) is 5.82. The minimum Gasteiger partial charge on any atom is -0.341 e. The van der Waals surface area contributed by atoms with Gasteiger partial charge in [-0.1, -0.05) is 19.8 Å². The smallest absolute Gasteiger partial charge is 0.225 e. The summed E-state index contributed by atoms with van der Waals surface area (Å²) < 4.78 is 0. The second-order valence-corrected chi connectivity index (χ2v) is 3.78. The van der Waals surface area contributed by atoms with Crippen LogP contribution >= 0.6 is 0 Å². The monoisotopic (exact) mass is 207 g/mol. The van der Waals surface area contributed by atoms with Gasteiger partial charge in [0.05, 0.1) is 0 Å². The van der Waals surface area contributed by atoms with E-state index >= 15 is 0 Å². The minimum absolute atomic E-state index is 0.869. The zero-order valence-electron chi connectivity index (χ0n) is 10.0. The van der Waals surface area contributed by atoms with Crippen LogP contribution in [0.25, 0.3) is 0 Å². The van der Waals surface area contributed by atoms with Crippen molar-refractivity contribution >= 4 is 5.95 Å². The number of aromatic nitrogens is 2. The van der Waals surface area contributed by atoms with E-state index in [1.54, 1.807) is 0 Å². The summed E-state index contributed by atoms with van der Waals surface area (Å²) in [6, 6.07) is 1.93. The first kappa shape index (κ1) is 12.0. The molecule has 0 unspecified atom stereocenters.